The average Bonchev–Trinajstić information content (AvgIpc) is 2.37. The van der Waals surface area contributed by atoms with Gasteiger partial charge in [0.05, 0.1) is 6.21 Å². The van der Waals surface area contributed by atoms with Gasteiger partial charge in [-0.1, -0.05) is 18.6 Å². The highest BCUT2D eigenvalue weighted by molar-refractivity contribution is 5.91. The lowest BCUT2D eigenvalue weighted by Gasteiger charge is -2.05. The molecule has 1 aromatic carbocycles. The fourth-order valence-corrected chi connectivity index (χ4v) is 1.57. The molecule has 1 aromatic rings. The Morgan fingerprint density at radius 3 is 2.56 bits per heavy atom. The fraction of sp³-hybridized carbons (Fsp3) is 0.385. The summed E-state index contributed by atoms with van der Waals surface area (Å²) >= 11 is 0. The number of carbonyl (C=O) groups excluding carboxylic acids is 1. The molecule has 5 N–H and O–H groups in total. The molecule has 0 saturated carbocycles. The average molecular weight is 248 g/mol. The number of amides is 1. The van der Waals surface area contributed by atoms with Gasteiger partial charge in [0.25, 0.3) is 0 Å². The third-order valence-corrected chi connectivity index (χ3v) is 2.53. The number of hydrogen-bond acceptors (Lipinski definition) is 4. The molecule has 98 valence electrons. The predicted molar refractivity (Wildman–Crippen MR) is 74.4 cm³/mol. The smallest absolute Gasteiger partial charge is 0.224 e. The Kier molecular flexibility index (Phi) is 6.50. The number of rotatable bonds is 7. The minimum atomic E-state index is 0.0345. The van der Waals surface area contributed by atoms with E-state index in [1.807, 2.05) is 24.3 Å². The molecule has 0 bridgehead atoms. The van der Waals surface area contributed by atoms with Crippen LogP contribution in [0.15, 0.2) is 29.4 Å². The van der Waals surface area contributed by atoms with Gasteiger partial charge in [0.1, 0.15) is 0 Å². The summed E-state index contributed by atoms with van der Waals surface area (Å²) in [5.74, 6) is 5.08. The van der Waals surface area contributed by atoms with E-state index in [0.717, 1.165) is 30.5 Å². The Balaban J connectivity index is 2.35. The van der Waals surface area contributed by atoms with Crippen LogP contribution in [0.5, 0.6) is 0 Å². The second-order valence-corrected chi connectivity index (χ2v) is 4.05. The molecule has 0 radical (unpaired) electrons. The molecule has 0 spiro atoms. The van der Waals surface area contributed by atoms with Gasteiger partial charge < -0.3 is 16.9 Å². The molecular formula is C13H20N4O. The number of hydrogen-bond donors (Lipinski definition) is 3. The maximum atomic E-state index is 11.6. The summed E-state index contributed by atoms with van der Waals surface area (Å²) in [4.78, 5) is 11.6. The molecule has 0 fully saturated rings. The molecule has 0 saturated heterocycles. The SMILES string of the molecule is NCCCCCC(=O)Nc1ccc(C=NN)cc1. The number of unbranched alkanes of at least 4 members (excludes halogenated alkanes) is 2. The molecule has 0 atom stereocenters. The highest BCUT2D eigenvalue weighted by Crippen LogP contribution is 2.09. The van der Waals surface area contributed by atoms with Crippen LogP contribution in [-0.4, -0.2) is 18.7 Å². The van der Waals surface area contributed by atoms with E-state index in [0.29, 0.717) is 13.0 Å². The molecule has 0 heterocycles. The molecular weight excluding hydrogens is 228 g/mol. The van der Waals surface area contributed by atoms with Crippen molar-refractivity contribution in [3.05, 3.63) is 29.8 Å². The van der Waals surface area contributed by atoms with Crippen molar-refractivity contribution in [3.8, 4) is 0 Å². The first kappa shape index (κ1) is 14.2. The van der Waals surface area contributed by atoms with Gasteiger partial charge in [-0.3, -0.25) is 4.79 Å². The van der Waals surface area contributed by atoms with Gasteiger partial charge in [-0.05, 0) is 37.1 Å². The lowest BCUT2D eigenvalue weighted by Crippen LogP contribution is -2.11. The molecule has 0 aliphatic carbocycles. The number of nitrogens with one attached hydrogen (secondary N) is 1. The van der Waals surface area contributed by atoms with E-state index in [4.69, 9.17) is 11.6 Å². The van der Waals surface area contributed by atoms with E-state index >= 15 is 0 Å². The first-order chi connectivity index (χ1) is 8.76. The predicted octanol–water partition coefficient (Wildman–Crippen LogP) is 1.44. The van der Waals surface area contributed by atoms with Gasteiger partial charge in [-0.2, -0.15) is 5.10 Å². The van der Waals surface area contributed by atoms with E-state index in [1.165, 1.54) is 0 Å². The summed E-state index contributed by atoms with van der Waals surface area (Å²) < 4.78 is 0. The molecule has 1 amide bonds. The van der Waals surface area contributed by atoms with Crippen LogP contribution in [0, 0.1) is 0 Å². The summed E-state index contributed by atoms with van der Waals surface area (Å²) in [6.45, 7) is 0.686. The van der Waals surface area contributed by atoms with Gasteiger partial charge in [-0.25, -0.2) is 0 Å². The molecule has 0 aliphatic heterocycles. The molecule has 5 heteroatoms. The van der Waals surface area contributed by atoms with E-state index in [-0.39, 0.29) is 5.91 Å². The van der Waals surface area contributed by atoms with Crippen LogP contribution in [0.25, 0.3) is 0 Å². The summed E-state index contributed by atoms with van der Waals surface area (Å²) in [7, 11) is 0. The normalized spacial score (nSPS) is 10.7. The lowest BCUT2D eigenvalue weighted by atomic mass is 10.2. The van der Waals surface area contributed by atoms with Crippen LogP contribution in [0.2, 0.25) is 0 Å². The van der Waals surface area contributed by atoms with Gasteiger partial charge in [-0.15, -0.1) is 0 Å². The first-order valence-electron chi connectivity index (χ1n) is 6.09. The Bertz CT molecular complexity index is 386. The Morgan fingerprint density at radius 2 is 1.94 bits per heavy atom. The third kappa shape index (κ3) is 5.45. The van der Waals surface area contributed by atoms with E-state index < -0.39 is 0 Å². The zero-order valence-electron chi connectivity index (χ0n) is 10.4. The summed E-state index contributed by atoms with van der Waals surface area (Å²) in [6.07, 6.45) is 4.93. The second kappa shape index (κ2) is 8.25. The Morgan fingerprint density at radius 1 is 1.22 bits per heavy atom. The standard InChI is InChI=1S/C13H20N4O/c14-9-3-1-2-4-13(18)17-12-7-5-11(6-8-12)10-16-15/h5-8,10H,1-4,9,14-15H2,(H,17,18). The first-order valence-corrected chi connectivity index (χ1v) is 6.09. The van der Waals surface area contributed by atoms with Crippen LogP contribution in [0.4, 0.5) is 5.69 Å². The van der Waals surface area contributed by atoms with Crippen LogP contribution in [0.3, 0.4) is 0 Å². The molecule has 0 aliphatic rings. The monoisotopic (exact) mass is 248 g/mol. The quantitative estimate of drug-likeness (QED) is 0.295. The largest absolute Gasteiger partial charge is 0.330 e. The summed E-state index contributed by atoms with van der Waals surface area (Å²) in [6, 6.07) is 7.35. The Labute approximate surface area is 107 Å². The van der Waals surface area contributed by atoms with Crippen LogP contribution in [-0.2, 0) is 4.79 Å². The molecule has 5 nitrogen and oxygen atoms in total. The number of benzene rings is 1. The number of carbonyl (C=O) groups is 1. The maximum absolute atomic E-state index is 11.6. The topological polar surface area (TPSA) is 93.5 Å². The number of nitrogens with two attached hydrogens (primary N) is 2. The number of nitrogens with zero attached hydrogens (tertiary/aromatic N) is 1. The lowest BCUT2D eigenvalue weighted by molar-refractivity contribution is -0.116. The van der Waals surface area contributed by atoms with Crippen molar-refractivity contribution in [1.29, 1.82) is 0 Å². The zero-order chi connectivity index (χ0) is 13.2. The third-order valence-electron chi connectivity index (χ3n) is 2.53. The highest BCUT2D eigenvalue weighted by Gasteiger charge is 2.01. The van der Waals surface area contributed by atoms with Crippen molar-refractivity contribution < 1.29 is 4.79 Å². The van der Waals surface area contributed by atoms with E-state index in [1.54, 1.807) is 6.21 Å². The van der Waals surface area contributed by atoms with Crippen molar-refractivity contribution in [3.63, 3.8) is 0 Å². The Hall–Kier alpha value is -1.88. The van der Waals surface area contributed by atoms with Gasteiger partial charge >= 0.3 is 0 Å². The maximum Gasteiger partial charge on any atom is 0.224 e. The van der Waals surface area contributed by atoms with E-state index in [2.05, 4.69) is 10.4 Å². The van der Waals surface area contributed by atoms with Crippen LogP contribution >= 0.6 is 0 Å². The van der Waals surface area contributed by atoms with Gasteiger partial charge in [0.15, 0.2) is 0 Å². The number of hydrazone groups is 1. The molecule has 1 rings (SSSR count). The van der Waals surface area contributed by atoms with Crippen molar-refractivity contribution in [2.24, 2.45) is 16.7 Å². The van der Waals surface area contributed by atoms with Crippen molar-refractivity contribution in [2.45, 2.75) is 25.7 Å². The molecule has 18 heavy (non-hydrogen) atoms. The van der Waals surface area contributed by atoms with Gasteiger partial charge in [0.2, 0.25) is 5.91 Å². The minimum absolute atomic E-state index is 0.0345. The van der Waals surface area contributed by atoms with Gasteiger partial charge in [0, 0.05) is 12.1 Å². The van der Waals surface area contributed by atoms with Crippen molar-refractivity contribution >= 4 is 17.8 Å². The number of anilines is 1. The van der Waals surface area contributed by atoms with Crippen molar-refractivity contribution in [1.82, 2.24) is 0 Å². The summed E-state index contributed by atoms with van der Waals surface area (Å²) in [5, 5.41) is 6.27. The minimum Gasteiger partial charge on any atom is -0.330 e. The zero-order valence-corrected chi connectivity index (χ0v) is 10.4. The fourth-order valence-electron chi connectivity index (χ4n) is 1.57. The van der Waals surface area contributed by atoms with Crippen LogP contribution in [0.1, 0.15) is 31.2 Å². The molecule has 0 unspecified atom stereocenters. The molecule has 0 aromatic heterocycles. The van der Waals surface area contributed by atoms with E-state index in [9.17, 15) is 4.79 Å². The van der Waals surface area contributed by atoms with Crippen molar-refractivity contribution in [2.75, 3.05) is 11.9 Å². The second-order valence-electron chi connectivity index (χ2n) is 4.05. The summed E-state index contributed by atoms with van der Waals surface area (Å²) in [5.41, 5.74) is 7.07. The highest BCUT2D eigenvalue weighted by atomic mass is 16.1. The van der Waals surface area contributed by atoms with Crippen LogP contribution < -0.4 is 16.9 Å².